The molecule has 1 nitrogen and oxygen atoms in total. The third-order valence-corrected chi connectivity index (χ3v) is 4.29. The van der Waals surface area contributed by atoms with Gasteiger partial charge in [0.25, 0.3) is 0 Å². The summed E-state index contributed by atoms with van der Waals surface area (Å²) in [4.78, 5) is 0. The Bertz CT molecular complexity index is 690. The fourth-order valence-corrected chi connectivity index (χ4v) is 3.05. The van der Waals surface area contributed by atoms with Crippen LogP contribution in [-0.4, -0.2) is 0 Å². The second kappa shape index (κ2) is 6.21. The highest BCUT2D eigenvalue weighted by Gasteiger charge is 2.27. The Balaban J connectivity index is 2.40. The summed E-state index contributed by atoms with van der Waals surface area (Å²) in [5, 5.41) is 0.179. The Morgan fingerprint density at radius 3 is 2.38 bits per heavy atom. The number of hydrogen-bond acceptors (Lipinski definition) is 1. The molecule has 0 bridgehead atoms. The largest absolute Gasteiger partial charge is 0.321 e. The monoisotopic (exact) mass is 393 g/mol. The van der Waals surface area contributed by atoms with Gasteiger partial charge in [0.1, 0.15) is 11.6 Å². The zero-order valence-corrected chi connectivity index (χ0v) is 14.2. The summed E-state index contributed by atoms with van der Waals surface area (Å²) >= 11 is 15.0. The van der Waals surface area contributed by atoms with Gasteiger partial charge in [0.2, 0.25) is 0 Å². The third kappa shape index (κ3) is 3.75. The molecule has 0 aliphatic rings. The van der Waals surface area contributed by atoms with Crippen LogP contribution in [0.4, 0.5) is 8.78 Å². The van der Waals surface area contributed by atoms with Crippen LogP contribution in [0.1, 0.15) is 18.1 Å². The summed E-state index contributed by atoms with van der Waals surface area (Å²) in [6.07, 6.45) is 0.174. The molecule has 0 saturated carbocycles. The molecule has 0 heterocycles. The van der Waals surface area contributed by atoms with Gasteiger partial charge < -0.3 is 5.73 Å². The minimum atomic E-state index is -1.03. The maximum atomic E-state index is 13.9. The highest BCUT2D eigenvalue weighted by molar-refractivity contribution is 9.10. The summed E-state index contributed by atoms with van der Waals surface area (Å²) in [6, 6.07) is 7.21. The predicted molar refractivity (Wildman–Crippen MR) is 85.8 cm³/mol. The van der Waals surface area contributed by atoms with Crippen LogP contribution in [0.25, 0.3) is 0 Å². The predicted octanol–water partition coefficient (Wildman–Crippen LogP) is 5.45. The molecule has 0 radical (unpaired) electrons. The van der Waals surface area contributed by atoms with Gasteiger partial charge in [0, 0.05) is 15.0 Å². The average molecular weight is 395 g/mol. The lowest BCUT2D eigenvalue weighted by Gasteiger charge is -2.27. The quantitative estimate of drug-likeness (QED) is 0.688. The van der Waals surface area contributed by atoms with Crippen LogP contribution in [0.15, 0.2) is 34.8 Å². The smallest absolute Gasteiger partial charge is 0.142 e. The van der Waals surface area contributed by atoms with Crippen LogP contribution in [0.5, 0.6) is 0 Å². The van der Waals surface area contributed by atoms with Crippen LogP contribution in [-0.2, 0) is 12.0 Å². The molecule has 1 unspecified atom stereocenters. The number of rotatable bonds is 3. The van der Waals surface area contributed by atoms with E-state index in [1.807, 2.05) is 0 Å². The summed E-state index contributed by atoms with van der Waals surface area (Å²) in [5.74, 6) is -0.990. The zero-order valence-electron chi connectivity index (χ0n) is 11.1. The second-order valence-electron chi connectivity index (χ2n) is 5.08. The Labute approximate surface area is 140 Å². The van der Waals surface area contributed by atoms with Gasteiger partial charge in [-0.3, -0.25) is 0 Å². The van der Waals surface area contributed by atoms with Crippen LogP contribution in [0.3, 0.4) is 0 Å². The molecule has 0 aromatic heterocycles. The lowest BCUT2D eigenvalue weighted by atomic mass is 9.86. The van der Waals surface area contributed by atoms with Crippen molar-refractivity contribution in [3.05, 3.63) is 67.6 Å². The summed E-state index contributed by atoms with van der Waals surface area (Å²) in [7, 11) is 0. The molecule has 21 heavy (non-hydrogen) atoms. The van der Waals surface area contributed by atoms with Crippen molar-refractivity contribution in [2.24, 2.45) is 5.73 Å². The van der Waals surface area contributed by atoms with E-state index in [4.69, 9.17) is 28.9 Å². The Hall–Kier alpha value is -0.680. The van der Waals surface area contributed by atoms with Crippen LogP contribution in [0.2, 0.25) is 10.0 Å². The minimum Gasteiger partial charge on any atom is -0.321 e. The Morgan fingerprint density at radius 2 is 1.76 bits per heavy atom. The number of hydrogen-bond donors (Lipinski definition) is 1. The van der Waals surface area contributed by atoms with Crippen molar-refractivity contribution in [2.75, 3.05) is 0 Å². The van der Waals surface area contributed by atoms with Gasteiger partial charge in [0.15, 0.2) is 0 Å². The molecule has 0 aliphatic heterocycles. The van der Waals surface area contributed by atoms with Crippen LogP contribution in [0, 0.1) is 11.6 Å². The van der Waals surface area contributed by atoms with Crippen molar-refractivity contribution in [1.29, 1.82) is 0 Å². The van der Waals surface area contributed by atoms with E-state index in [2.05, 4.69) is 15.9 Å². The van der Waals surface area contributed by atoms with Crippen molar-refractivity contribution >= 4 is 39.1 Å². The third-order valence-electron chi connectivity index (χ3n) is 3.20. The van der Waals surface area contributed by atoms with E-state index < -0.39 is 11.4 Å². The Morgan fingerprint density at radius 1 is 1.10 bits per heavy atom. The van der Waals surface area contributed by atoms with Gasteiger partial charge in [-0.15, -0.1) is 0 Å². The standard InChI is InChI=1S/C15H12BrCl2F2N/c1-15(21,7-8-2-3-9(16)4-13(8)19)10-5-14(20)12(18)6-11(10)17/h2-6H,7,21H2,1H3. The van der Waals surface area contributed by atoms with Crippen molar-refractivity contribution in [1.82, 2.24) is 0 Å². The van der Waals surface area contributed by atoms with E-state index in [-0.39, 0.29) is 22.3 Å². The van der Waals surface area contributed by atoms with E-state index in [9.17, 15) is 8.78 Å². The first kappa shape index (κ1) is 16.7. The normalized spacial score (nSPS) is 14.0. The first-order valence-corrected chi connectivity index (χ1v) is 7.63. The molecule has 2 rings (SSSR count). The lowest BCUT2D eigenvalue weighted by Crippen LogP contribution is -2.36. The summed E-state index contributed by atoms with van der Waals surface area (Å²) in [6.45, 7) is 1.67. The minimum absolute atomic E-state index is 0.0747. The first-order chi connectivity index (χ1) is 9.70. The molecule has 6 heteroatoms. The molecule has 0 spiro atoms. The van der Waals surface area contributed by atoms with Gasteiger partial charge in [-0.1, -0.05) is 45.2 Å². The molecular formula is C15H12BrCl2F2N. The summed E-state index contributed by atoms with van der Waals surface area (Å²) in [5.41, 5.74) is 6.00. The molecule has 0 amide bonds. The van der Waals surface area contributed by atoms with Crippen molar-refractivity contribution < 1.29 is 8.78 Å². The van der Waals surface area contributed by atoms with Gasteiger partial charge in [0.05, 0.1) is 5.02 Å². The molecular weight excluding hydrogens is 383 g/mol. The fraction of sp³-hybridized carbons (Fsp3) is 0.200. The van der Waals surface area contributed by atoms with Crippen molar-refractivity contribution in [3.63, 3.8) is 0 Å². The molecule has 2 aromatic carbocycles. The van der Waals surface area contributed by atoms with E-state index in [1.54, 1.807) is 19.1 Å². The number of benzene rings is 2. The van der Waals surface area contributed by atoms with Gasteiger partial charge in [-0.2, -0.15) is 0 Å². The zero-order chi connectivity index (χ0) is 15.8. The van der Waals surface area contributed by atoms with E-state index in [0.29, 0.717) is 15.6 Å². The van der Waals surface area contributed by atoms with E-state index in [0.717, 1.165) is 0 Å². The molecule has 0 saturated heterocycles. The van der Waals surface area contributed by atoms with Crippen LogP contribution >= 0.6 is 39.1 Å². The van der Waals surface area contributed by atoms with E-state index >= 15 is 0 Å². The molecule has 112 valence electrons. The molecule has 2 aromatic rings. The number of halogens is 5. The van der Waals surface area contributed by atoms with Gasteiger partial charge in [-0.05, 0) is 48.7 Å². The van der Waals surface area contributed by atoms with Crippen molar-refractivity contribution in [3.8, 4) is 0 Å². The average Bonchev–Trinajstić information content (AvgIpc) is 2.37. The maximum absolute atomic E-state index is 13.9. The SMILES string of the molecule is CC(N)(Cc1ccc(Br)cc1F)c1cc(F)c(Cl)cc1Cl. The molecule has 2 N–H and O–H groups in total. The number of nitrogens with two attached hydrogens (primary N) is 1. The van der Waals surface area contributed by atoms with Gasteiger partial charge >= 0.3 is 0 Å². The molecule has 1 atom stereocenters. The van der Waals surface area contributed by atoms with Crippen molar-refractivity contribution in [2.45, 2.75) is 18.9 Å². The summed E-state index contributed by atoms with van der Waals surface area (Å²) < 4.78 is 28.2. The molecule has 0 aliphatic carbocycles. The topological polar surface area (TPSA) is 26.0 Å². The highest BCUT2D eigenvalue weighted by Crippen LogP contribution is 2.33. The molecule has 0 fully saturated rings. The fourth-order valence-electron chi connectivity index (χ4n) is 2.12. The van der Waals surface area contributed by atoms with Gasteiger partial charge in [-0.25, -0.2) is 8.78 Å². The van der Waals surface area contributed by atoms with Crippen LogP contribution < -0.4 is 5.73 Å². The highest BCUT2D eigenvalue weighted by atomic mass is 79.9. The van der Waals surface area contributed by atoms with E-state index in [1.165, 1.54) is 18.2 Å². The lowest BCUT2D eigenvalue weighted by molar-refractivity contribution is 0.471. The maximum Gasteiger partial charge on any atom is 0.142 e. The first-order valence-electron chi connectivity index (χ1n) is 6.08. The second-order valence-corrected chi connectivity index (χ2v) is 6.81. The Kier molecular flexibility index (Phi) is 4.93.